The molecule has 0 fully saturated rings. The standard InChI is InChI=1S/C16H26/c1-8-12-9-10-13(15(2,3)4)11-14(12)16(5,6)7/h9-11H,8H2,1-7H3. The van der Waals surface area contributed by atoms with Crippen LogP contribution in [0.15, 0.2) is 18.2 Å². The molecule has 0 spiro atoms. The maximum Gasteiger partial charge on any atom is -0.0129 e. The van der Waals surface area contributed by atoms with Gasteiger partial charge in [0.2, 0.25) is 0 Å². The van der Waals surface area contributed by atoms with Crippen LogP contribution in [0, 0.1) is 0 Å². The van der Waals surface area contributed by atoms with E-state index in [4.69, 9.17) is 0 Å². The normalized spacial score (nSPS) is 12.9. The molecule has 1 rings (SSSR count). The van der Waals surface area contributed by atoms with Gasteiger partial charge in [-0.1, -0.05) is 66.7 Å². The van der Waals surface area contributed by atoms with Crippen molar-refractivity contribution in [1.29, 1.82) is 0 Å². The molecule has 0 amide bonds. The second-order valence-electron chi connectivity index (χ2n) is 6.73. The topological polar surface area (TPSA) is 0 Å². The monoisotopic (exact) mass is 218 g/mol. The SMILES string of the molecule is CCc1ccc(C(C)(C)C)cc1C(C)(C)C. The van der Waals surface area contributed by atoms with Crippen LogP contribution in [0.4, 0.5) is 0 Å². The summed E-state index contributed by atoms with van der Waals surface area (Å²) in [5.41, 5.74) is 4.91. The van der Waals surface area contributed by atoms with Gasteiger partial charge in [0.25, 0.3) is 0 Å². The van der Waals surface area contributed by atoms with E-state index in [0.717, 1.165) is 6.42 Å². The van der Waals surface area contributed by atoms with Crippen LogP contribution in [0.2, 0.25) is 0 Å². The molecular formula is C16H26. The van der Waals surface area contributed by atoms with Crippen molar-refractivity contribution in [1.82, 2.24) is 0 Å². The van der Waals surface area contributed by atoms with Gasteiger partial charge in [-0.3, -0.25) is 0 Å². The predicted octanol–water partition coefficient (Wildman–Crippen LogP) is 4.84. The highest BCUT2D eigenvalue weighted by atomic mass is 14.3. The summed E-state index contributed by atoms with van der Waals surface area (Å²) < 4.78 is 0. The van der Waals surface area contributed by atoms with Gasteiger partial charge in [-0.2, -0.15) is 0 Å². The molecule has 0 unspecified atom stereocenters. The van der Waals surface area contributed by atoms with Gasteiger partial charge in [-0.15, -0.1) is 0 Å². The van der Waals surface area contributed by atoms with E-state index in [0.29, 0.717) is 0 Å². The second-order valence-corrected chi connectivity index (χ2v) is 6.73. The van der Waals surface area contributed by atoms with Gasteiger partial charge in [-0.25, -0.2) is 0 Å². The van der Waals surface area contributed by atoms with Crippen LogP contribution in [0.25, 0.3) is 0 Å². The molecule has 0 saturated carbocycles. The summed E-state index contributed by atoms with van der Waals surface area (Å²) in [7, 11) is 0. The third kappa shape index (κ3) is 2.87. The molecule has 0 aliphatic rings. The molecular weight excluding hydrogens is 192 g/mol. The van der Waals surface area contributed by atoms with E-state index in [1.165, 1.54) is 16.7 Å². The first-order chi connectivity index (χ1) is 7.16. The minimum Gasteiger partial charge on any atom is -0.0613 e. The van der Waals surface area contributed by atoms with Gasteiger partial charge in [0.05, 0.1) is 0 Å². The highest BCUT2D eigenvalue weighted by molar-refractivity contribution is 5.39. The first kappa shape index (κ1) is 13.3. The van der Waals surface area contributed by atoms with E-state index >= 15 is 0 Å². The molecule has 1 aromatic carbocycles. The number of rotatable bonds is 1. The van der Waals surface area contributed by atoms with Gasteiger partial charge in [0, 0.05) is 0 Å². The molecule has 0 aliphatic carbocycles. The number of aryl methyl sites for hydroxylation is 1. The lowest BCUT2D eigenvalue weighted by atomic mass is 9.78. The Morgan fingerprint density at radius 2 is 1.44 bits per heavy atom. The molecule has 0 nitrogen and oxygen atoms in total. The highest BCUT2D eigenvalue weighted by Gasteiger charge is 2.21. The molecule has 0 N–H and O–H groups in total. The lowest BCUT2D eigenvalue weighted by Gasteiger charge is -2.27. The third-order valence-corrected chi connectivity index (χ3v) is 3.16. The summed E-state index contributed by atoms with van der Waals surface area (Å²) >= 11 is 0. The molecule has 0 aliphatic heterocycles. The summed E-state index contributed by atoms with van der Waals surface area (Å²) in [5.74, 6) is 0. The molecule has 0 atom stereocenters. The summed E-state index contributed by atoms with van der Waals surface area (Å²) in [4.78, 5) is 0. The zero-order chi connectivity index (χ0) is 12.6. The fraction of sp³-hybridized carbons (Fsp3) is 0.625. The van der Waals surface area contributed by atoms with E-state index in [1.807, 2.05) is 0 Å². The van der Waals surface area contributed by atoms with E-state index in [1.54, 1.807) is 0 Å². The van der Waals surface area contributed by atoms with Gasteiger partial charge in [0.15, 0.2) is 0 Å². The number of benzene rings is 1. The Balaban J connectivity index is 3.34. The number of hydrogen-bond donors (Lipinski definition) is 0. The lowest BCUT2D eigenvalue weighted by Crippen LogP contribution is -2.18. The Hall–Kier alpha value is -0.780. The van der Waals surface area contributed by atoms with E-state index in [9.17, 15) is 0 Å². The van der Waals surface area contributed by atoms with Gasteiger partial charge in [0.1, 0.15) is 0 Å². The van der Waals surface area contributed by atoms with E-state index < -0.39 is 0 Å². The first-order valence-electron chi connectivity index (χ1n) is 6.30. The van der Waals surface area contributed by atoms with Crippen molar-refractivity contribution < 1.29 is 0 Å². The molecule has 90 valence electrons. The Morgan fingerprint density at radius 1 is 0.875 bits per heavy atom. The zero-order valence-electron chi connectivity index (χ0n) is 11.9. The smallest absolute Gasteiger partial charge is 0.0129 e. The van der Waals surface area contributed by atoms with Crippen LogP contribution in [0.5, 0.6) is 0 Å². The molecule has 0 radical (unpaired) electrons. The molecule has 16 heavy (non-hydrogen) atoms. The van der Waals surface area contributed by atoms with Crippen molar-refractivity contribution in [3.8, 4) is 0 Å². The lowest BCUT2D eigenvalue weighted by molar-refractivity contribution is 0.564. The fourth-order valence-electron chi connectivity index (χ4n) is 2.05. The minimum atomic E-state index is 0.242. The summed E-state index contributed by atoms with van der Waals surface area (Å²) in [6, 6.07) is 6.99. The largest absolute Gasteiger partial charge is 0.0613 e. The zero-order valence-corrected chi connectivity index (χ0v) is 11.9. The molecule has 0 aromatic heterocycles. The molecule has 0 saturated heterocycles. The molecule has 0 heteroatoms. The Labute approximate surface area is 101 Å². The molecule has 1 aromatic rings. The van der Waals surface area contributed by atoms with Crippen molar-refractivity contribution in [3.63, 3.8) is 0 Å². The first-order valence-corrected chi connectivity index (χ1v) is 6.30. The third-order valence-electron chi connectivity index (χ3n) is 3.16. The molecule has 0 bridgehead atoms. The maximum absolute atomic E-state index is 2.40. The van der Waals surface area contributed by atoms with Crippen LogP contribution < -0.4 is 0 Å². The van der Waals surface area contributed by atoms with Crippen LogP contribution in [0.1, 0.15) is 65.2 Å². The van der Waals surface area contributed by atoms with Gasteiger partial charge in [-0.05, 0) is 33.9 Å². The summed E-state index contributed by atoms with van der Waals surface area (Å²) in [6.07, 6.45) is 1.12. The van der Waals surface area contributed by atoms with Crippen LogP contribution in [-0.4, -0.2) is 0 Å². The fourth-order valence-corrected chi connectivity index (χ4v) is 2.05. The second kappa shape index (κ2) is 4.24. The van der Waals surface area contributed by atoms with E-state index in [2.05, 4.69) is 66.7 Å². The maximum atomic E-state index is 2.40. The van der Waals surface area contributed by atoms with Crippen molar-refractivity contribution >= 4 is 0 Å². The van der Waals surface area contributed by atoms with Crippen LogP contribution in [0.3, 0.4) is 0 Å². The predicted molar refractivity (Wildman–Crippen MR) is 73.2 cm³/mol. The Bertz CT molecular complexity index is 359. The average molecular weight is 218 g/mol. The summed E-state index contributed by atoms with van der Waals surface area (Å²) in [5, 5.41) is 0. The van der Waals surface area contributed by atoms with Gasteiger partial charge < -0.3 is 0 Å². The van der Waals surface area contributed by atoms with Crippen molar-refractivity contribution in [3.05, 3.63) is 34.9 Å². The van der Waals surface area contributed by atoms with E-state index in [-0.39, 0.29) is 10.8 Å². The van der Waals surface area contributed by atoms with Crippen molar-refractivity contribution in [2.24, 2.45) is 0 Å². The minimum absolute atomic E-state index is 0.242. The van der Waals surface area contributed by atoms with Crippen LogP contribution in [-0.2, 0) is 17.3 Å². The van der Waals surface area contributed by atoms with Gasteiger partial charge >= 0.3 is 0 Å². The number of hydrogen-bond acceptors (Lipinski definition) is 0. The quantitative estimate of drug-likeness (QED) is 0.632. The highest BCUT2D eigenvalue weighted by Crippen LogP contribution is 2.31. The Kier molecular flexibility index (Phi) is 3.52. The van der Waals surface area contributed by atoms with Crippen molar-refractivity contribution in [2.75, 3.05) is 0 Å². The Morgan fingerprint density at radius 3 is 1.81 bits per heavy atom. The van der Waals surface area contributed by atoms with Crippen molar-refractivity contribution in [2.45, 2.75) is 65.7 Å². The van der Waals surface area contributed by atoms with Crippen LogP contribution >= 0.6 is 0 Å². The average Bonchev–Trinajstić information content (AvgIpc) is 2.14. The summed E-state index contributed by atoms with van der Waals surface area (Å²) in [6.45, 7) is 16.0. The molecule has 0 heterocycles.